The second-order valence-electron chi connectivity index (χ2n) is 7.30. The lowest BCUT2D eigenvalue weighted by molar-refractivity contribution is 0.00578. The van der Waals surface area contributed by atoms with Gasteiger partial charge in [-0.3, -0.25) is 0 Å². The van der Waals surface area contributed by atoms with Crippen molar-refractivity contribution in [2.75, 3.05) is 7.11 Å². The zero-order valence-electron chi connectivity index (χ0n) is 15.5. The van der Waals surface area contributed by atoms with Gasteiger partial charge in [-0.2, -0.15) is 0 Å². The van der Waals surface area contributed by atoms with Crippen molar-refractivity contribution in [3.05, 3.63) is 54.1 Å². The van der Waals surface area contributed by atoms with Crippen LogP contribution in [0.15, 0.2) is 48.5 Å². The van der Waals surface area contributed by atoms with Crippen LogP contribution in [-0.4, -0.2) is 25.4 Å². The Morgan fingerprint density at radius 1 is 0.880 bits per heavy atom. The summed E-state index contributed by atoms with van der Waals surface area (Å²) < 4.78 is 23.2. The van der Waals surface area contributed by atoms with Gasteiger partial charge in [0, 0.05) is 6.07 Å². The molecule has 0 atom stereocenters. The first-order valence-electron chi connectivity index (χ1n) is 8.52. The van der Waals surface area contributed by atoms with Gasteiger partial charge in [0.15, 0.2) is 0 Å². The Bertz CT molecular complexity index is 709. The number of rotatable bonds is 5. The second kappa shape index (κ2) is 6.73. The van der Waals surface area contributed by atoms with E-state index in [1.54, 1.807) is 7.11 Å². The molecule has 3 rings (SSSR count). The predicted molar refractivity (Wildman–Crippen MR) is 99.5 cm³/mol. The van der Waals surface area contributed by atoms with Gasteiger partial charge in [0.1, 0.15) is 18.1 Å². The molecule has 0 amide bonds. The minimum atomic E-state index is -0.335. The lowest BCUT2D eigenvalue weighted by Gasteiger charge is -2.32. The largest absolute Gasteiger partial charge is 0.497 e. The average molecular weight is 340 g/mol. The van der Waals surface area contributed by atoms with Crippen LogP contribution >= 0.6 is 0 Å². The Morgan fingerprint density at radius 3 is 2.08 bits per heavy atom. The second-order valence-corrected chi connectivity index (χ2v) is 7.30. The number of methoxy groups -OCH3 is 1. The first-order chi connectivity index (χ1) is 11.8. The standard InChI is InChI=1S/C20H25BO4/c1-19(2)20(3,4)25-21(24-19)16-11-9-15(10-12-16)14-23-18-8-6-7-17(13-18)22-5/h6-13H,14H2,1-5H3. The molecule has 1 heterocycles. The van der Waals surface area contributed by atoms with Crippen molar-refractivity contribution in [2.45, 2.75) is 45.5 Å². The molecule has 0 radical (unpaired) electrons. The van der Waals surface area contributed by atoms with Gasteiger partial charge in [0.05, 0.1) is 18.3 Å². The monoisotopic (exact) mass is 340 g/mol. The van der Waals surface area contributed by atoms with E-state index in [-0.39, 0.29) is 18.3 Å². The minimum absolute atomic E-state index is 0.328. The molecule has 132 valence electrons. The molecule has 1 aliphatic heterocycles. The van der Waals surface area contributed by atoms with Crippen molar-refractivity contribution in [2.24, 2.45) is 0 Å². The van der Waals surface area contributed by atoms with E-state index in [9.17, 15) is 0 Å². The Morgan fingerprint density at radius 2 is 1.48 bits per heavy atom. The van der Waals surface area contributed by atoms with Gasteiger partial charge in [-0.25, -0.2) is 0 Å². The highest BCUT2D eigenvalue weighted by molar-refractivity contribution is 6.62. The summed E-state index contributed by atoms with van der Waals surface area (Å²) in [5.74, 6) is 1.57. The summed E-state index contributed by atoms with van der Waals surface area (Å²) in [5, 5.41) is 0. The van der Waals surface area contributed by atoms with Crippen LogP contribution in [0.1, 0.15) is 33.3 Å². The van der Waals surface area contributed by atoms with Crippen molar-refractivity contribution in [1.29, 1.82) is 0 Å². The van der Waals surface area contributed by atoms with Crippen molar-refractivity contribution < 1.29 is 18.8 Å². The van der Waals surface area contributed by atoms with Crippen LogP contribution in [0.5, 0.6) is 11.5 Å². The van der Waals surface area contributed by atoms with Gasteiger partial charge in [-0.15, -0.1) is 0 Å². The van der Waals surface area contributed by atoms with Crippen LogP contribution in [0.25, 0.3) is 0 Å². The normalized spacial score (nSPS) is 18.2. The first kappa shape index (κ1) is 17.8. The molecular formula is C20H25BO4. The van der Waals surface area contributed by atoms with Crippen LogP contribution in [0.4, 0.5) is 0 Å². The van der Waals surface area contributed by atoms with E-state index < -0.39 is 0 Å². The maximum atomic E-state index is 6.08. The van der Waals surface area contributed by atoms with Gasteiger partial charge in [0.25, 0.3) is 0 Å². The predicted octanol–water partition coefficient (Wildman–Crippen LogP) is 3.57. The van der Waals surface area contributed by atoms with Gasteiger partial charge in [0.2, 0.25) is 0 Å². The Hall–Kier alpha value is -1.98. The summed E-state index contributed by atoms with van der Waals surface area (Å²) in [5.41, 5.74) is 1.45. The molecule has 0 unspecified atom stereocenters. The molecule has 5 heteroatoms. The van der Waals surface area contributed by atoms with Crippen LogP contribution in [0.2, 0.25) is 0 Å². The quantitative estimate of drug-likeness (QED) is 0.780. The van der Waals surface area contributed by atoms with Crippen LogP contribution in [-0.2, 0) is 15.9 Å². The highest BCUT2D eigenvalue weighted by atomic mass is 16.7. The third-order valence-electron chi connectivity index (χ3n) is 4.95. The Labute approximate surface area is 150 Å². The molecule has 0 saturated carbocycles. The summed E-state index contributed by atoms with van der Waals surface area (Å²) in [6, 6.07) is 15.8. The molecule has 2 aromatic rings. The molecule has 0 aliphatic carbocycles. The highest BCUT2D eigenvalue weighted by Gasteiger charge is 2.51. The van der Waals surface area contributed by atoms with Gasteiger partial charge < -0.3 is 18.8 Å². The molecule has 25 heavy (non-hydrogen) atoms. The molecule has 1 aliphatic rings. The lowest BCUT2D eigenvalue weighted by Crippen LogP contribution is -2.41. The van der Waals surface area contributed by atoms with E-state index in [4.69, 9.17) is 18.8 Å². The summed E-state index contributed by atoms with van der Waals surface area (Å²) >= 11 is 0. The molecule has 2 aromatic carbocycles. The number of ether oxygens (including phenoxy) is 2. The van der Waals surface area contributed by atoms with Crippen LogP contribution < -0.4 is 14.9 Å². The van der Waals surface area contributed by atoms with E-state index in [1.165, 1.54) is 0 Å². The first-order valence-corrected chi connectivity index (χ1v) is 8.52. The molecular weight excluding hydrogens is 315 g/mol. The van der Waals surface area contributed by atoms with E-state index in [0.29, 0.717) is 6.61 Å². The van der Waals surface area contributed by atoms with E-state index >= 15 is 0 Å². The molecule has 0 spiro atoms. The SMILES string of the molecule is COc1cccc(OCc2ccc(B3OC(C)(C)C(C)(C)O3)cc2)c1. The smallest absolute Gasteiger partial charge is 0.494 e. The third-order valence-corrected chi connectivity index (χ3v) is 4.95. The zero-order chi connectivity index (χ0) is 18.1. The fraction of sp³-hybridized carbons (Fsp3) is 0.400. The molecule has 4 nitrogen and oxygen atoms in total. The van der Waals surface area contributed by atoms with Gasteiger partial charge in [-0.1, -0.05) is 30.3 Å². The summed E-state index contributed by atoms with van der Waals surface area (Å²) in [6.07, 6.45) is 0. The molecule has 1 saturated heterocycles. The number of hydrogen-bond acceptors (Lipinski definition) is 4. The topological polar surface area (TPSA) is 36.9 Å². The minimum Gasteiger partial charge on any atom is -0.497 e. The maximum absolute atomic E-state index is 6.08. The fourth-order valence-corrected chi connectivity index (χ4v) is 2.61. The van der Waals surface area contributed by atoms with Gasteiger partial charge in [-0.05, 0) is 50.9 Å². The van der Waals surface area contributed by atoms with E-state index in [2.05, 4.69) is 27.7 Å². The molecule has 0 aromatic heterocycles. The van der Waals surface area contributed by atoms with Crippen molar-refractivity contribution in [1.82, 2.24) is 0 Å². The maximum Gasteiger partial charge on any atom is 0.494 e. The van der Waals surface area contributed by atoms with E-state index in [1.807, 2.05) is 48.5 Å². The fourth-order valence-electron chi connectivity index (χ4n) is 2.61. The average Bonchev–Trinajstić information content (AvgIpc) is 2.81. The summed E-state index contributed by atoms with van der Waals surface area (Å²) in [4.78, 5) is 0. The number of benzene rings is 2. The van der Waals surface area contributed by atoms with Crippen molar-refractivity contribution >= 4 is 12.6 Å². The van der Waals surface area contributed by atoms with Gasteiger partial charge >= 0.3 is 7.12 Å². The Kier molecular flexibility index (Phi) is 4.80. The molecule has 0 bridgehead atoms. The molecule has 0 N–H and O–H groups in total. The van der Waals surface area contributed by atoms with Crippen LogP contribution in [0.3, 0.4) is 0 Å². The zero-order valence-corrected chi connectivity index (χ0v) is 15.5. The van der Waals surface area contributed by atoms with Crippen molar-refractivity contribution in [3.63, 3.8) is 0 Å². The lowest BCUT2D eigenvalue weighted by atomic mass is 9.79. The highest BCUT2D eigenvalue weighted by Crippen LogP contribution is 2.36. The molecule has 1 fully saturated rings. The Balaban J connectivity index is 1.63. The summed E-state index contributed by atoms with van der Waals surface area (Å²) in [6.45, 7) is 8.73. The third kappa shape index (κ3) is 3.83. The van der Waals surface area contributed by atoms with Crippen LogP contribution in [0, 0.1) is 0 Å². The summed E-state index contributed by atoms with van der Waals surface area (Å²) in [7, 11) is 1.31. The van der Waals surface area contributed by atoms with E-state index in [0.717, 1.165) is 22.5 Å². The number of hydrogen-bond donors (Lipinski definition) is 0. The van der Waals surface area contributed by atoms with Crippen molar-refractivity contribution in [3.8, 4) is 11.5 Å².